The van der Waals surface area contributed by atoms with Crippen molar-refractivity contribution in [1.82, 2.24) is 20.4 Å². The first-order valence-electron chi connectivity index (χ1n) is 21.2. The van der Waals surface area contributed by atoms with Crippen LogP contribution in [0.25, 0.3) is 49.3 Å². The summed E-state index contributed by atoms with van der Waals surface area (Å²) >= 11 is 0. The second-order valence-electron chi connectivity index (χ2n) is 15.0. The minimum atomic E-state index is -1.19. The van der Waals surface area contributed by atoms with Gasteiger partial charge < -0.3 is 67.4 Å². The largest absolute Gasteiger partial charge is 0.493 e. The number of carbonyl (C=O) groups is 6. The van der Waals surface area contributed by atoms with Crippen LogP contribution in [-0.4, -0.2) is 99.9 Å². The van der Waals surface area contributed by atoms with Crippen LogP contribution in [0, 0.1) is 0 Å². The van der Waals surface area contributed by atoms with E-state index in [0.29, 0.717) is 38.2 Å². The van der Waals surface area contributed by atoms with E-state index < -0.39 is 59.9 Å². The number of rotatable bonds is 19. The van der Waals surface area contributed by atoms with E-state index in [-0.39, 0.29) is 65.4 Å². The fourth-order valence-electron chi connectivity index (χ4n) is 7.00. The minimum Gasteiger partial charge on any atom is -0.493 e. The number of ether oxygens (including phenoxy) is 9. The van der Waals surface area contributed by atoms with Crippen LogP contribution < -0.4 is 50.0 Å². The van der Waals surface area contributed by atoms with Crippen molar-refractivity contribution in [1.29, 1.82) is 0 Å². The zero-order valence-corrected chi connectivity index (χ0v) is 38.8. The van der Waals surface area contributed by atoms with Gasteiger partial charge >= 0.3 is 41.8 Å². The molecule has 6 aromatic rings. The molecule has 0 bridgehead atoms. The lowest BCUT2D eigenvalue weighted by Gasteiger charge is -2.16. The highest BCUT2D eigenvalue weighted by atomic mass is 16.6. The lowest BCUT2D eigenvalue weighted by Crippen LogP contribution is -2.41. The number of hydrogen-bond donors (Lipinski definition) is 3. The van der Waals surface area contributed by atoms with Gasteiger partial charge in [-0.25, -0.2) is 33.6 Å². The van der Waals surface area contributed by atoms with Gasteiger partial charge in [0.25, 0.3) is 0 Å². The number of benzene rings is 3. The predicted molar refractivity (Wildman–Crippen MR) is 253 cm³/mol. The van der Waals surface area contributed by atoms with Crippen molar-refractivity contribution in [3.05, 3.63) is 103 Å². The Kier molecular flexibility index (Phi) is 16.0. The number of methoxy groups -OCH3 is 3. The van der Waals surface area contributed by atoms with Crippen molar-refractivity contribution in [3.63, 3.8) is 0 Å². The van der Waals surface area contributed by atoms with Gasteiger partial charge in [0.05, 0.1) is 26.8 Å². The topological polar surface area (TPSA) is 256 Å². The number of nitrogens with one attached hydrogen (secondary N) is 3. The lowest BCUT2D eigenvalue weighted by molar-refractivity contribution is -0.137. The zero-order valence-electron chi connectivity index (χ0n) is 38.8. The van der Waals surface area contributed by atoms with E-state index in [1.54, 1.807) is 40.9 Å². The van der Waals surface area contributed by atoms with Crippen LogP contribution in [0.15, 0.2) is 102 Å². The summed E-state index contributed by atoms with van der Waals surface area (Å²) in [7, 11) is 4.04. The van der Waals surface area contributed by atoms with Gasteiger partial charge in [0.2, 0.25) is 0 Å². The SMILES string of the molecule is C=CCOC(=O)N[C@@H](C)C(=O)Oc1ccc(-c2c3c4cc(OC)c(OC(=O)[C@@H](C)NC(=O)OCC=C)cc4oc(=O)c3n3ccc4cc(OC(=O)[C@H](C)NC(=O)OCC=C)c(OC)cc4c23)cc1OC. The van der Waals surface area contributed by atoms with E-state index in [9.17, 15) is 33.6 Å². The van der Waals surface area contributed by atoms with Crippen molar-refractivity contribution in [3.8, 4) is 45.6 Å². The summed E-state index contributed by atoms with van der Waals surface area (Å²) < 4.78 is 56.4. The van der Waals surface area contributed by atoms with Crippen molar-refractivity contribution in [2.75, 3.05) is 41.2 Å². The highest BCUT2D eigenvalue weighted by Gasteiger charge is 2.28. The van der Waals surface area contributed by atoms with Gasteiger partial charge in [0.15, 0.2) is 34.5 Å². The number of esters is 3. The molecule has 366 valence electrons. The lowest BCUT2D eigenvalue weighted by atomic mass is 9.97. The van der Waals surface area contributed by atoms with Crippen LogP contribution in [0.2, 0.25) is 0 Å². The number of amides is 3. The summed E-state index contributed by atoms with van der Waals surface area (Å²) in [5.74, 6) is -2.58. The van der Waals surface area contributed by atoms with Crippen LogP contribution in [0.4, 0.5) is 14.4 Å². The molecule has 0 aliphatic rings. The van der Waals surface area contributed by atoms with E-state index >= 15 is 0 Å². The first kappa shape index (κ1) is 50.4. The number of nitrogens with zero attached hydrogens (tertiary/aromatic N) is 1. The van der Waals surface area contributed by atoms with Gasteiger partial charge in [-0.05, 0) is 68.1 Å². The fraction of sp³-hybridized carbons (Fsp3) is 0.245. The third kappa shape index (κ3) is 10.9. The van der Waals surface area contributed by atoms with Gasteiger partial charge in [-0.2, -0.15) is 0 Å². The van der Waals surface area contributed by atoms with Gasteiger partial charge in [-0.1, -0.05) is 44.0 Å². The summed E-state index contributed by atoms with van der Waals surface area (Å²) in [6.07, 6.45) is 3.08. The molecular weight excluding hydrogens is 917 g/mol. The Hall–Kier alpha value is -9.01. The maximum Gasteiger partial charge on any atom is 0.408 e. The molecule has 0 aliphatic carbocycles. The highest BCUT2D eigenvalue weighted by Crippen LogP contribution is 2.46. The summed E-state index contributed by atoms with van der Waals surface area (Å²) in [5, 5.41) is 8.72. The Morgan fingerprint density at radius 3 is 1.53 bits per heavy atom. The number of aromatic nitrogens is 1. The monoisotopic (exact) mass is 964 g/mol. The Balaban J connectivity index is 1.55. The van der Waals surface area contributed by atoms with E-state index in [0.717, 1.165) is 0 Å². The smallest absolute Gasteiger partial charge is 0.408 e. The second kappa shape index (κ2) is 22.2. The zero-order chi connectivity index (χ0) is 50.8. The van der Waals surface area contributed by atoms with E-state index in [4.69, 9.17) is 47.0 Å². The molecule has 3 atom stereocenters. The van der Waals surface area contributed by atoms with E-state index in [2.05, 4.69) is 35.7 Å². The van der Waals surface area contributed by atoms with Crippen molar-refractivity contribution < 1.29 is 75.8 Å². The average Bonchev–Trinajstić information content (AvgIpc) is 3.70. The molecule has 0 aliphatic heterocycles. The van der Waals surface area contributed by atoms with E-state index in [1.165, 1.54) is 78.5 Å². The Bertz CT molecular complexity index is 3140. The Labute approximate surface area is 398 Å². The summed E-state index contributed by atoms with van der Waals surface area (Å²) in [6, 6.07) is 8.77. The number of alkyl carbamates (subject to hydrolysis) is 3. The molecule has 6 rings (SSSR count). The fourth-order valence-corrected chi connectivity index (χ4v) is 7.00. The molecule has 3 aromatic carbocycles. The van der Waals surface area contributed by atoms with Crippen molar-refractivity contribution in [2.24, 2.45) is 0 Å². The van der Waals surface area contributed by atoms with Crippen LogP contribution in [0.5, 0.6) is 34.5 Å². The second-order valence-corrected chi connectivity index (χ2v) is 15.0. The molecule has 3 aromatic heterocycles. The van der Waals surface area contributed by atoms with Crippen molar-refractivity contribution >= 4 is 74.3 Å². The highest BCUT2D eigenvalue weighted by molar-refractivity contribution is 6.22. The molecule has 0 saturated carbocycles. The molecule has 21 nitrogen and oxygen atoms in total. The number of fused-ring (bicyclic) bond motifs is 7. The molecule has 0 saturated heterocycles. The van der Waals surface area contributed by atoms with Gasteiger partial charge in [0.1, 0.15) is 49.0 Å². The quantitative estimate of drug-likeness (QED) is 0.0252. The van der Waals surface area contributed by atoms with Gasteiger partial charge in [-0.15, -0.1) is 0 Å². The first-order valence-corrected chi connectivity index (χ1v) is 21.2. The molecule has 0 fully saturated rings. The molecule has 0 unspecified atom stereocenters. The van der Waals surface area contributed by atoms with E-state index in [1.807, 2.05) is 0 Å². The average molecular weight is 965 g/mol. The molecule has 3 N–H and O–H groups in total. The van der Waals surface area contributed by atoms with Gasteiger partial charge in [0, 0.05) is 34.0 Å². The normalized spacial score (nSPS) is 12.1. The number of carbonyl (C=O) groups excluding carboxylic acids is 6. The molecule has 21 heteroatoms. The third-order valence-electron chi connectivity index (χ3n) is 10.3. The molecule has 70 heavy (non-hydrogen) atoms. The van der Waals surface area contributed by atoms with Crippen LogP contribution in [0.1, 0.15) is 20.8 Å². The van der Waals surface area contributed by atoms with Crippen LogP contribution in [-0.2, 0) is 28.6 Å². The number of pyridine rings is 1. The Morgan fingerprint density at radius 1 is 0.586 bits per heavy atom. The molecule has 0 radical (unpaired) electrons. The molecular formula is C49H48N4O17. The third-order valence-corrected chi connectivity index (χ3v) is 10.3. The van der Waals surface area contributed by atoms with Crippen LogP contribution >= 0.6 is 0 Å². The molecule has 3 heterocycles. The minimum absolute atomic E-state index is 0.00408. The van der Waals surface area contributed by atoms with Crippen LogP contribution in [0.3, 0.4) is 0 Å². The van der Waals surface area contributed by atoms with Crippen molar-refractivity contribution in [2.45, 2.75) is 38.9 Å². The summed E-state index contributed by atoms with van der Waals surface area (Å²) in [6.45, 7) is 14.4. The first-order chi connectivity index (χ1) is 33.6. The number of hydrogen-bond acceptors (Lipinski definition) is 17. The maximum atomic E-state index is 14.3. The molecule has 0 spiro atoms. The standard InChI is InChI=1S/C49H48N4O17/c1-10-17-64-47(58)50-25(4)43(54)67-32-14-13-29(21-34(32)61-7)39-40-31-23-36(63-9)38(70-45(56)27(6)52-49(60)66-19-12-3)24-33(31)68-46(57)42(40)53-16-15-28-20-37(35(62-8)22-30(28)41(39)53)69-44(55)26(5)51-48(59)65-18-11-2/h10-16,20-27H,1-3,17-19H2,4-9H3,(H,50,58)(H,51,59)(H,52,60)/t25-,26-,27+/m0/s1. The summed E-state index contributed by atoms with van der Waals surface area (Å²) in [5.41, 5.74) is 0.420. The maximum absolute atomic E-state index is 14.3. The van der Waals surface area contributed by atoms with Gasteiger partial charge in [-0.3, -0.25) is 0 Å². The predicted octanol–water partition coefficient (Wildman–Crippen LogP) is 6.66. The molecule has 3 amide bonds. The Morgan fingerprint density at radius 2 is 1.04 bits per heavy atom. The summed E-state index contributed by atoms with van der Waals surface area (Å²) in [4.78, 5) is 90.4.